The van der Waals surface area contributed by atoms with Gasteiger partial charge in [0.15, 0.2) is 0 Å². The van der Waals surface area contributed by atoms with Crippen LogP contribution in [0.4, 0.5) is 0 Å². The van der Waals surface area contributed by atoms with E-state index in [9.17, 15) is 0 Å². The molecule has 0 saturated carbocycles. The summed E-state index contributed by atoms with van der Waals surface area (Å²) in [6.07, 6.45) is 5.93. The van der Waals surface area contributed by atoms with Gasteiger partial charge in [0.05, 0.1) is 0 Å². The van der Waals surface area contributed by atoms with E-state index in [0.29, 0.717) is 5.92 Å². The molecule has 0 amide bonds. The number of hydrogen-bond donors (Lipinski definition) is 0. The summed E-state index contributed by atoms with van der Waals surface area (Å²) in [6, 6.07) is 0. The Morgan fingerprint density at radius 1 is 1.56 bits per heavy atom. The molecular formula is C8H12W. The van der Waals surface area contributed by atoms with Gasteiger partial charge in [0.1, 0.15) is 0 Å². The molecule has 50 valence electrons. The van der Waals surface area contributed by atoms with Crippen LogP contribution in [0.5, 0.6) is 0 Å². The van der Waals surface area contributed by atoms with Crippen LogP contribution in [-0.2, 0) is 19.4 Å². The first-order valence-electron chi connectivity index (χ1n) is 3.01. The van der Waals surface area contributed by atoms with Crippen molar-refractivity contribution in [3.63, 3.8) is 0 Å². The predicted octanol–water partition coefficient (Wildman–Crippen LogP) is 2.10. The van der Waals surface area contributed by atoms with Crippen LogP contribution in [-0.4, -0.2) is 3.90 Å². The standard InChI is InChI=1S/C8H12.W/c1-4-5-6-7-8(2)3;/h4-6,8H,1H2,2-3H3;/b6-5-;. The summed E-state index contributed by atoms with van der Waals surface area (Å²) in [7, 11) is 0. The van der Waals surface area contributed by atoms with E-state index in [1.807, 2.05) is 12.2 Å². The summed E-state index contributed by atoms with van der Waals surface area (Å²) in [6.45, 7) is 8.01. The van der Waals surface area contributed by atoms with Crippen LogP contribution >= 0.6 is 0 Å². The third-order valence-corrected chi connectivity index (χ3v) is 3.15. The maximum atomic E-state index is 3.60. The topological polar surface area (TPSA) is 0 Å². The van der Waals surface area contributed by atoms with Gasteiger partial charge in [-0.15, -0.1) is 0 Å². The molecule has 0 aliphatic heterocycles. The van der Waals surface area contributed by atoms with Crippen LogP contribution in [0.15, 0.2) is 24.8 Å². The van der Waals surface area contributed by atoms with Gasteiger partial charge in [-0.1, -0.05) is 0 Å². The molecule has 0 aliphatic carbocycles. The molecule has 9 heavy (non-hydrogen) atoms. The van der Waals surface area contributed by atoms with Crippen LogP contribution in [0, 0.1) is 5.92 Å². The second-order valence-electron chi connectivity index (χ2n) is 2.15. The Hall–Kier alpha value is 0.0383. The van der Waals surface area contributed by atoms with Crippen LogP contribution in [0.25, 0.3) is 0 Å². The van der Waals surface area contributed by atoms with Gasteiger partial charge in [-0.25, -0.2) is 0 Å². The molecule has 0 atom stereocenters. The van der Waals surface area contributed by atoms with Crippen LogP contribution in [0.1, 0.15) is 13.8 Å². The fourth-order valence-corrected chi connectivity index (χ4v) is 0.638. The average molecular weight is 292 g/mol. The molecule has 0 fully saturated rings. The number of hydrogen-bond acceptors (Lipinski definition) is 0. The van der Waals surface area contributed by atoms with Crippen molar-refractivity contribution in [1.82, 2.24) is 0 Å². The van der Waals surface area contributed by atoms with Crippen molar-refractivity contribution in [2.24, 2.45) is 5.92 Å². The Morgan fingerprint density at radius 2 is 2.11 bits per heavy atom. The van der Waals surface area contributed by atoms with Gasteiger partial charge in [-0.05, 0) is 0 Å². The van der Waals surface area contributed by atoms with Crippen molar-refractivity contribution in [3.8, 4) is 0 Å². The summed E-state index contributed by atoms with van der Waals surface area (Å²) < 4.78 is 1.48. The van der Waals surface area contributed by atoms with Gasteiger partial charge < -0.3 is 0 Å². The first kappa shape index (κ1) is 9.04. The zero-order chi connectivity index (χ0) is 7.28. The summed E-state index contributed by atoms with van der Waals surface area (Å²) in [5, 5.41) is 0. The molecular weight excluding hydrogens is 280 g/mol. The fourth-order valence-electron chi connectivity index (χ4n) is 0.355. The van der Waals surface area contributed by atoms with Gasteiger partial charge in [-0.3, -0.25) is 0 Å². The normalized spacial score (nSPS) is 10.6. The second-order valence-corrected chi connectivity index (χ2v) is 3.85. The summed E-state index contributed by atoms with van der Waals surface area (Å²) in [5.41, 5.74) is 0. The molecule has 0 unspecified atom stereocenters. The van der Waals surface area contributed by atoms with E-state index in [1.54, 1.807) is 19.4 Å². The molecule has 0 aromatic rings. The molecule has 0 rings (SSSR count). The van der Waals surface area contributed by atoms with Gasteiger partial charge in [0.25, 0.3) is 0 Å². The fraction of sp³-hybridized carbons (Fsp3) is 0.375. The molecule has 0 nitrogen and oxygen atoms in total. The van der Waals surface area contributed by atoms with Crippen molar-refractivity contribution >= 4 is 3.90 Å². The van der Waals surface area contributed by atoms with E-state index in [-0.39, 0.29) is 0 Å². The summed E-state index contributed by atoms with van der Waals surface area (Å²) in [4.78, 5) is 0. The number of rotatable bonds is 3. The minimum atomic E-state index is 0.691. The van der Waals surface area contributed by atoms with E-state index in [0.717, 1.165) is 0 Å². The van der Waals surface area contributed by atoms with Crippen molar-refractivity contribution in [2.75, 3.05) is 0 Å². The van der Waals surface area contributed by atoms with Crippen LogP contribution in [0.2, 0.25) is 0 Å². The quantitative estimate of drug-likeness (QED) is 0.699. The Balaban J connectivity index is 3.76. The third-order valence-electron chi connectivity index (χ3n) is 0.966. The average Bonchev–Trinajstić information content (AvgIpc) is 1.82. The van der Waals surface area contributed by atoms with E-state index >= 15 is 0 Å². The van der Waals surface area contributed by atoms with Crippen molar-refractivity contribution in [2.45, 2.75) is 13.8 Å². The molecule has 0 N–H and O–H groups in total. The Bertz CT molecular complexity index is 132. The molecule has 0 aromatic carbocycles. The molecule has 0 aromatic heterocycles. The Labute approximate surface area is 68.1 Å². The van der Waals surface area contributed by atoms with E-state index in [2.05, 4.69) is 26.5 Å². The maximum absolute atomic E-state index is 3.60. The Morgan fingerprint density at radius 3 is 2.44 bits per heavy atom. The van der Waals surface area contributed by atoms with Crippen LogP contribution in [0.3, 0.4) is 0 Å². The zero-order valence-corrected chi connectivity index (χ0v) is 8.86. The van der Waals surface area contributed by atoms with Crippen molar-refractivity contribution in [1.29, 1.82) is 0 Å². The van der Waals surface area contributed by atoms with E-state index in [1.165, 1.54) is 3.90 Å². The second kappa shape index (κ2) is 4.87. The molecule has 0 bridgehead atoms. The Kier molecular flexibility index (Phi) is 4.90. The minimum absolute atomic E-state index is 0.691. The summed E-state index contributed by atoms with van der Waals surface area (Å²) in [5.74, 6) is 0.691. The van der Waals surface area contributed by atoms with Crippen molar-refractivity contribution < 1.29 is 19.4 Å². The van der Waals surface area contributed by atoms with E-state index < -0.39 is 0 Å². The SMILES string of the molecule is C=C/C=C\[C](=[W])C(C)C. The molecule has 0 saturated heterocycles. The van der Waals surface area contributed by atoms with Gasteiger partial charge in [0.2, 0.25) is 0 Å². The van der Waals surface area contributed by atoms with E-state index in [4.69, 9.17) is 0 Å². The monoisotopic (exact) mass is 292 g/mol. The van der Waals surface area contributed by atoms with Gasteiger partial charge in [0, 0.05) is 0 Å². The number of allylic oxidation sites excluding steroid dienone is 3. The predicted molar refractivity (Wildman–Crippen MR) is 39.2 cm³/mol. The molecule has 0 aliphatic rings. The first-order valence-corrected chi connectivity index (χ1v) is 4.48. The third kappa shape index (κ3) is 4.54. The van der Waals surface area contributed by atoms with Gasteiger partial charge >= 0.3 is 67.8 Å². The molecule has 0 radical (unpaired) electrons. The summed E-state index contributed by atoms with van der Waals surface area (Å²) >= 11 is 1.55. The van der Waals surface area contributed by atoms with Crippen molar-refractivity contribution in [3.05, 3.63) is 24.8 Å². The first-order chi connectivity index (χ1) is 4.18. The molecule has 0 spiro atoms. The molecule has 1 heteroatoms. The molecule has 0 heterocycles. The van der Waals surface area contributed by atoms with Crippen LogP contribution < -0.4 is 0 Å². The van der Waals surface area contributed by atoms with Gasteiger partial charge in [-0.2, -0.15) is 0 Å². The zero-order valence-electron chi connectivity index (χ0n) is 5.92.